The van der Waals surface area contributed by atoms with E-state index in [-0.39, 0.29) is 23.8 Å². The molecule has 4 rings (SSSR count). The lowest BCUT2D eigenvalue weighted by Gasteiger charge is -2.35. The molecule has 2 aliphatic rings. The summed E-state index contributed by atoms with van der Waals surface area (Å²) in [4.78, 5) is 29.8. The summed E-state index contributed by atoms with van der Waals surface area (Å²) in [6.45, 7) is 7.01. The van der Waals surface area contributed by atoms with Gasteiger partial charge in [0.25, 0.3) is 0 Å². The van der Waals surface area contributed by atoms with Crippen LogP contribution in [-0.2, 0) is 16.1 Å². The van der Waals surface area contributed by atoms with Gasteiger partial charge in [-0.1, -0.05) is 48.0 Å². The van der Waals surface area contributed by atoms with Crippen LogP contribution in [0.4, 0.5) is 5.69 Å². The van der Waals surface area contributed by atoms with Crippen LogP contribution in [0.5, 0.6) is 0 Å². The smallest absolute Gasteiger partial charge is 0.238 e. The molecular formula is C27H36N4O2. The third kappa shape index (κ3) is 7.14. The number of carbonyl (C=O) groups excluding carboxylic acids is 2. The predicted molar refractivity (Wildman–Crippen MR) is 132 cm³/mol. The SMILES string of the molecule is Cc1ccc(NC(=O)CN2CCC(C(=O)NC3CCN(Cc4ccccc4)CC3)CC2)cc1. The molecule has 2 amide bonds. The summed E-state index contributed by atoms with van der Waals surface area (Å²) in [7, 11) is 0. The summed E-state index contributed by atoms with van der Waals surface area (Å²) in [5.41, 5.74) is 3.35. The second kappa shape index (κ2) is 11.4. The molecule has 176 valence electrons. The van der Waals surface area contributed by atoms with E-state index >= 15 is 0 Å². The van der Waals surface area contributed by atoms with Gasteiger partial charge in [-0.3, -0.25) is 19.4 Å². The molecule has 2 fully saturated rings. The zero-order valence-corrected chi connectivity index (χ0v) is 19.6. The van der Waals surface area contributed by atoms with Crippen LogP contribution >= 0.6 is 0 Å². The second-order valence-electron chi connectivity index (χ2n) is 9.51. The number of nitrogens with zero attached hydrogens (tertiary/aromatic N) is 2. The van der Waals surface area contributed by atoms with E-state index in [0.29, 0.717) is 6.54 Å². The Kier molecular flexibility index (Phi) is 8.13. The minimum Gasteiger partial charge on any atom is -0.353 e. The largest absolute Gasteiger partial charge is 0.353 e. The maximum absolute atomic E-state index is 12.8. The van der Waals surface area contributed by atoms with E-state index < -0.39 is 0 Å². The van der Waals surface area contributed by atoms with Crippen molar-refractivity contribution in [2.24, 2.45) is 5.92 Å². The van der Waals surface area contributed by atoms with Gasteiger partial charge in [-0.2, -0.15) is 0 Å². The van der Waals surface area contributed by atoms with Gasteiger partial charge in [-0.05, 0) is 63.4 Å². The first-order chi connectivity index (χ1) is 16.0. The van der Waals surface area contributed by atoms with Crippen molar-refractivity contribution in [3.05, 3.63) is 65.7 Å². The molecule has 0 radical (unpaired) electrons. The fourth-order valence-electron chi connectivity index (χ4n) is 4.79. The van der Waals surface area contributed by atoms with Gasteiger partial charge < -0.3 is 10.6 Å². The van der Waals surface area contributed by atoms with E-state index in [1.54, 1.807) is 0 Å². The van der Waals surface area contributed by atoms with Gasteiger partial charge in [-0.25, -0.2) is 0 Å². The first kappa shape index (κ1) is 23.5. The number of hydrogen-bond donors (Lipinski definition) is 2. The van der Waals surface area contributed by atoms with Crippen LogP contribution in [0.2, 0.25) is 0 Å². The molecule has 0 spiro atoms. The van der Waals surface area contributed by atoms with E-state index in [2.05, 4.69) is 50.8 Å². The number of piperidine rings is 2. The fourth-order valence-corrected chi connectivity index (χ4v) is 4.79. The third-order valence-corrected chi connectivity index (χ3v) is 6.84. The maximum Gasteiger partial charge on any atom is 0.238 e. The van der Waals surface area contributed by atoms with E-state index in [9.17, 15) is 9.59 Å². The Labute approximate surface area is 197 Å². The number of amides is 2. The average Bonchev–Trinajstić information content (AvgIpc) is 2.83. The molecule has 0 aromatic heterocycles. The standard InChI is InChI=1S/C27H36N4O2/c1-21-7-9-24(10-8-21)28-26(32)20-31-15-11-23(12-16-31)27(33)29-25-13-17-30(18-14-25)19-22-5-3-2-4-6-22/h2-10,23,25H,11-20H2,1H3,(H,28,32)(H,29,33). The lowest BCUT2D eigenvalue weighted by Crippen LogP contribution is -2.48. The molecule has 2 heterocycles. The Morgan fingerprint density at radius 1 is 0.848 bits per heavy atom. The minimum atomic E-state index is 0.00372. The molecule has 2 aromatic carbocycles. The quantitative estimate of drug-likeness (QED) is 0.681. The van der Waals surface area contributed by atoms with Gasteiger partial charge in [0.2, 0.25) is 11.8 Å². The Morgan fingerprint density at radius 3 is 2.15 bits per heavy atom. The predicted octanol–water partition coefficient (Wildman–Crippen LogP) is 3.43. The van der Waals surface area contributed by atoms with Crippen molar-refractivity contribution >= 4 is 17.5 Å². The molecule has 2 aliphatic heterocycles. The normalized spacial score (nSPS) is 18.7. The molecule has 2 saturated heterocycles. The monoisotopic (exact) mass is 448 g/mol. The summed E-state index contributed by atoms with van der Waals surface area (Å²) >= 11 is 0. The molecule has 33 heavy (non-hydrogen) atoms. The van der Waals surface area contributed by atoms with Gasteiger partial charge in [0.15, 0.2) is 0 Å². The number of aryl methyl sites for hydroxylation is 1. The van der Waals surface area contributed by atoms with E-state index in [4.69, 9.17) is 0 Å². The van der Waals surface area contributed by atoms with Crippen molar-refractivity contribution in [2.45, 2.75) is 45.2 Å². The average molecular weight is 449 g/mol. The zero-order chi connectivity index (χ0) is 23.0. The molecule has 6 nitrogen and oxygen atoms in total. The third-order valence-electron chi connectivity index (χ3n) is 6.84. The van der Waals surface area contributed by atoms with Crippen molar-refractivity contribution in [3.63, 3.8) is 0 Å². The highest BCUT2D eigenvalue weighted by Gasteiger charge is 2.28. The van der Waals surface area contributed by atoms with Crippen LogP contribution in [0.25, 0.3) is 0 Å². The van der Waals surface area contributed by atoms with Crippen LogP contribution in [0, 0.1) is 12.8 Å². The van der Waals surface area contributed by atoms with Crippen molar-refractivity contribution in [2.75, 3.05) is 38.0 Å². The fraction of sp³-hybridized carbons (Fsp3) is 0.481. The molecule has 0 bridgehead atoms. The van der Waals surface area contributed by atoms with Crippen LogP contribution in [0.1, 0.15) is 36.8 Å². The first-order valence-electron chi connectivity index (χ1n) is 12.2. The van der Waals surface area contributed by atoms with E-state index in [1.807, 2.05) is 31.2 Å². The Bertz CT molecular complexity index is 899. The summed E-state index contributed by atoms with van der Waals surface area (Å²) in [6, 6.07) is 18.7. The lowest BCUT2D eigenvalue weighted by molar-refractivity contribution is -0.127. The zero-order valence-electron chi connectivity index (χ0n) is 19.6. The van der Waals surface area contributed by atoms with Gasteiger partial charge >= 0.3 is 0 Å². The first-order valence-corrected chi connectivity index (χ1v) is 12.2. The maximum atomic E-state index is 12.8. The lowest BCUT2D eigenvalue weighted by atomic mass is 9.94. The van der Waals surface area contributed by atoms with Crippen LogP contribution < -0.4 is 10.6 Å². The van der Waals surface area contributed by atoms with Crippen molar-refractivity contribution in [1.29, 1.82) is 0 Å². The molecule has 0 aliphatic carbocycles. The highest BCUT2D eigenvalue weighted by atomic mass is 16.2. The molecular weight excluding hydrogens is 412 g/mol. The van der Waals surface area contributed by atoms with Crippen molar-refractivity contribution in [1.82, 2.24) is 15.1 Å². The molecule has 0 unspecified atom stereocenters. The van der Waals surface area contributed by atoms with Crippen molar-refractivity contribution in [3.8, 4) is 0 Å². The molecule has 0 atom stereocenters. The number of anilines is 1. The summed E-state index contributed by atoms with van der Waals surface area (Å²) < 4.78 is 0. The van der Waals surface area contributed by atoms with Crippen LogP contribution in [0.3, 0.4) is 0 Å². The molecule has 2 N–H and O–H groups in total. The second-order valence-corrected chi connectivity index (χ2v) is 9.51. The molecule has 2 aromatic rings. The summed E-state index contributed by atoms with van der Waals surface area (Å²) in [6.07, 6.45) is 3.65. The highest BCUT2D eigenvalue weighted by molar-refractivity contribution is 5.92. The van der Waals surface area contributed by atoms with Crippen LogP contribution in [0.15, 0.2) is 54.6 Å². The van der Waals surface area contributed by atoms with Crippen LogP contribution in [-0.4, -0.2) is 60.4 Å². The Morgan fingerprint density at radius 2 is 1.48 bits per heavy atom. The number of rotatable bonds is 7. The van der Waals surface area contributed by atoms with Gasteiger partial charge in [-0.15, -0.1) is 0 Å². The van der Waals surface area contributed by atoms with Gasteiger partial charge in [0, 0.05) is 37.3 Å². The summed E-state index contributed by atoms with van der Waals surface area (Å²) in [5, 5.41) is 6.26. The number of hydrogen-bond acceptors (Lipinski definition) is 4. The van der Waals surface area contributed by atoms with Gasteiger partial charge in [0.1, 0.15) is 0 Å². The minimum absolute atomic E-state index is 0.00372. The number of likely N-dealkylation sites (tertiary alicyclic amines) is 2. The molecule has 6 heteroatoms. The Hall–Kier alpha value is -2.70. The van der Waals surface area contributed by atoms with Gasteiger partial charge in [0.05, 0.1) is 6.54 Å². The molecule has 0 saturated carbocycles. The summed E-state index contributed by atoms with van der Waals surface area (Å²) in [5.74, 6) is 0.257. The Balaban J connectivity index is 1.13. The highest BCUT2D eigenvalue weighted by Crippen LogP contribution is 2.20. The number of nitrogens with one attached hydrogen (secondary N) is 2. The van der Waals surface area contributed by atoms with E-state index in [0.717, 1.165) is 64.1 Å². The number of carbonyl (C=O) groups is 2. The van der Waals surface area contributed by atoms with Crippen molar-refractivity contribution < 1.29 is 9.59 Å². The number of benzene rings is 2. The topological polar surface area (TPSA) is 64.7 Å². The van der Waals surface area contributed by atoms with E-state index in [1.165, 1.54) is 11.1 Å².